The first-order valence-corrected chi connectivity index (χ1v) is 6.99. The SMILES string of the molecule is Cc1cccc(NC(=O)/C=C/c2cccc3cccnc23)n1. The minimum atomic E-state index is -0.217. The summed E-state index contributed by atoms with van der Waals surface area (Å²) in [4.78, 5) is 20.6. The van der Waals surface area contributed by atoms with Crippen LogP contribution in [0.3, 0.4) is 0 Å². The van der Waals surface area contributed by atoms with Gasteiger partial charge < -0.3 is 5.32 Å². The number of aromatic nitrogens is 2. The molecule has 108 valence electrons. The first-order chi connectivity index (χ1) is 10.7. The van der Waals surface area contributed by atoms with Crippen molar-refractivity contribution in [1.82, 2.24) is 9.97 Å². The molecule has 0 aliphatic heterocycles. The molecule has 0 saturated heterocycles. The van der Waals surface area contributed by atoms with Crippen LogP contribution in [0.2, 0.25) is 0 Å². The lowest BCUT2D eigenvalue weighted by molar-refractivity contribution is -0.111. The topological polar surface area (TPSA) is 54.9 Å². The molecule has 0 radical (unpaired) electrons. The van der Waals surface area contributed by atoms with Gasteiger partial charge in [-0.2, -0.15) is 0 Å². The number of pyridine rings is 2. The highest BCUT2D eigenvalue weighted by Gasteiger charge is 2.01. The molecule has 0 aliphatic carbocycles. The van der Waals surface area contributed by atoms with Crippen LogP contribution in [0.15, 0.2) is 60.8 Å². The van der Waals surface area contributed by atoms with Crippen LogP contribution in [-0.4, -0.2) is 15.9 Å². The smallest absolute Gasteiger partial charge is 0.249 e. The molecule has 2 heterocycles. The Morgan fingerprint density at radius 2 is 1.91 bits per heavy atom. The molecule has 1 aromatic carbocycles. The average Bonchev–Trinajstić information content (AvgIpc) is 2.53. The predicted molar refractivity (Wildman–Crippen MR) is 88.4 cm³/mol. The summed E-state index contributed by atoms with van der Waals surface area (Å²) in [7, 11) is 0. The molecule has 0 aliphatic rings. The lowest BCUT2D eigenvalue weighted by atomic mass is 10.1. The number of hydrogen-bond acceptors (Lipinski definition) is 3. The molecule has 0 fully saturated rings. The van der Waals surface area contributed by atoms with Crippen LogP contribution in [0.1, 0.15) is 11.3 Å². The van der Waals surface area contributed by atoms with Crippen molar-refractivity contribution in [2.24, 2.45) is 0 Å². The van der Waals surface area contributed by atoms with Crippen LogP contribution < -0.4 is 5.32 Å². The second-order valence-corrected chi connectivity index (χ2v) is 4.91. The molecule has 2 aromatic heterocycles. The molecule has 3 rings (SSSR count). The zero-order valence-corrected chi connectivity index (χ0v) is 12.2. The van der Waals surface area contributed by atoms with Crippen molar-refractivity contribution in [3.05, 3.63) is 72.1 Å². The number of rotatable bonds is 3. The standard InChI is InChI=1S/C18H15N3O/c1-13-5-2-9-16(20-13)21-17(22)11-10-15-7-3-6-14-8-4-12-19-18(14)15/h2-12H,1H3,(H,20,21,22)/b11-10+. The van der Waals surface area contributed by atoms with Gasteiger partial charge in [0.05, 0.1) is 5.52 Å². The van der Waals surface area contributed by atoms with Gasteiger partial charge in [-0.15, -0.1) is 0 Å². The molecule has 0 saturated carbocycles. The molecular weight excluding hydrogens is 274 g/mol. The Bertz CT molecular complexity index is 850. The van der Waals surface area contributed by atoms with Crippen molar-refractivity contribution in [3.63, 3.8) is 0 Å². The third-order valence-electron chi connectivity index (χ3n) is 3.22. The van der Waals surface area contributed by atoms with Gasteiger partial charge in [-0.3, -0.25) is 9.78 Å². The van der Waals surface area contributed by atoms with Gasteiger partial charge in [0.1, 0.15) is 5.82 Å². The number of benzene rings is 1. The zero-order valence-electron chi connectivity index (χ0n) is 12.2. The summed E-state index contributed by atoms with van der Waals surface area (Å²) in [5.41, 5.74) is 2.65. The highest BCUT2D eigenvalue weighted by molar-refractivity contribution is 6.02. The van der Waals surface area contributed by atoms with Gasteiger partial charge in [-0.1, -0.05) is 30.3 Å². The minimum absolute atomic E-state index is 0.217. The number of carbonyl (C=O) groups excluding carboxylic acids is 1. The molecular formula is C18H15N3O. The van der Waals surface area contributed by atoms with Crippen molar-refractivity contribution >= 4 is 28.7 Å². The molecule has 0 bridgehead atoms. The highest BCUT2D eigenvalue weighted by Crippen LogP contribution is 2.17. The van der Waals surface area contributed by atoms with Gasteiger partial charge in [0.25, 0.3) is 0 Å². The monoisotopic (exact) mass is 289 g/mol. The Morgan fingerprint density at radius 1 is 1.09 bits per heavy atom. The summed E-state index contributed by atoms with van der Waals surface area (Å²) in [6.45, 7) is 1.88. The molecule has 22 heavy (non-hydrogen) atoms. The van der Waals surface area contributed by atoms with Crippen molar-refractivity contribution in [3.8, 4) is 0 Å². The molecule has 0 unspecified atom stereocenters. The summed E-state index contributed by atoms with van der Waals surface area (Å²) in [5.74, 6) is 0.330. The number of amides is 1. The fraction of sp³-hybridized carbons (Fsp3) is 0.0556. The van der Waals surface area contributed by atoms with E-state index in [0.29, 0.717) is 5.82 Å². The predicted octanol–water partition coefficient (Wildman–Crippen LogP) is 3.59. The van der Waals surface area contributed by atoms with Gasteiger partial charge in [-0.05, 0) is 31.2 Å². The van der Waals surface area contributed by atoms with E-state index in [0.717, 1.165) is 22.2 Å². The van der Waals surface area contributed by atoms with Gasteiger partial charge in [0.15, 0.2) is 0 Å². The number of nitrogens with zero attached hydrogens (tertiary/aromatic N) is 2. The Kier molecular flexibility index (Phi) is 3.92. The number of para-hydroxylation sites is 1. The third-order valence-corrected chi connectivity index (χ3v) is 3.22. The lowest BCUT2D eigenvalue weighted by Crippen LogP contribution is -2.09. The van der Waals surface area contributed by atoms with Gasteiger partial charge in [-0.25, -0.2) is 4.98 Å². The van der Waals surface area contributed by atoms with E-state index in [1.54, 1.807) is 18.3 Å². The number of nitrogens with one attached hydrogen (secondary N) is 1. The van der Waals surface area contributed by atoms with Crippen LogP contribution in [-0.2, 0) is 4.79 Å². The summed E-state index contributed by atoms with van der Waals surface area (Å²) in [5, 5.41) is 3.79. The van der Waals surface area contributed by atoms with Crippen LogP contribution in [0.25, 0.3) is 17.0 Å². The summed E-state index contributed by atoms with van der Waals surface area (Å²) < 4.78 is 0. The second kappa shape index (κ2) is 6.18. The number of aryl methyl sites for hydroxylation is 1. The lowest BCUT2D eigenvalue weighted by Gasteiger charge is -2.02. The van der Waals surface area contributed by atoms with Gasteiger partial charge in [0.2, 0.25) is 5.91 Å². The number of fused-ring (bicyclic) bond motifs is 1. The first-order valence-electron chi connectivity index (χ1n) is 6.99. The summed E-state index contributed by atoms with van der Waals surface area (Å²) in [6, 6.07) is 15.3. The Balaban J connectivity index is 1.79. The van der Waals surface area contributed by atoms with E-state index in [2.05, 4.69) is 15.3 Å². The Labute approximate surface area is 128 Å². The van der Waals surface area contributed by atoms with Gasteiger partial charge in [0, 0.05) is 28.9 Å². The number of carbonyl (C=O) groups is 1. The highest BCUT2D eigenvalue weighted by atomic mass is 16.1. The van der Waals surface area contributed by atoms with Crippen LogP contribution in [0.5, 0.6) is 0 Å². The zero-order chi connectivity index (χ0) is 15.4. The van der Waals surface area contributed by atoms with Crippen molar-refractivity contribution in [2.75, 3.05) is 5.32 Å². The van der Waals surface area contributed by atoms with Gasteiger partial charge >= 0.3 is 0 Å². The minimum Gasteiger partial charge on any atom is -0.307 e. The first kappa shape index (κ1) is 13.9. The van der Waals surface area contributed by atoms with Crippen molar-refractivity contribution in [1.29, 1.82) is 0 Å². The van der Waals surface area contributed by atoms with Crippen LogP contribution in [0, 0.1) is 6.92 Å². The van der Waals surface area contributed by atoms with Crippen molar-refractivity contribution < 1.29 is 4.79 Å². The number of hydrogen-bond donors (Lipinski definition) is 1. The fourth-order valence-electron chi connectivity index (χ4n) is 2.21. The fourth-order valence-corrected chi connectivity index (χ4v) is 2.21. The molecule has 4 heteroatoms. The molecule has 1 N–H and O–H groups in total. The number of anilines is 1. The van der Waals surface area contributed by atoms with E-state index in [4.69, 9.17) is 0 Å². The van der Waals surface area contributed by atoms with E-state index in [1.807, 2.05) is 49.4 Å². The molecule has 1 amide bonds. The van der Waals surface area contributed by atoms with E-state index < -0.39 is 0 Å². The second-order valence-electron chi connectivity index (χ2n) is 4.91. The Hall–Kier alpha value is -3.01. The molecule has 4 nitrogen and oxygen atoms in total. The Morgan fingerprint density at radius 3 is 2.77 bits per heavy atom. The molecule has 3 aromatic rings. The average molecular weight is 289 g/mol. The largest absolute Gasteiger partial charge is 0.307 e. The third kappa shape index (κ3) is 3.17. The van der Waals surface area contributed by atoms with E-state index in [9.17, 15) is 4.79 Å². The van der Waals surface area contributed by atoms with Crippen LogP contribution >= 0.6 is 0 Å². The molecule has 0 spiro atoms. The maximum atomic E-state index is 12.0. The maximum absolute atomic E-state index is 12.0. The van der Waals surface area contributed by atoms with E-state index in [1.165, 1.54) is 6.08 Å². The van der Waals surface area contributed by atoms with E-state index >= 15 is 0 Å². The maximum Gasteiger partial charge on any atom is 0.249 e. The molecule has 0 atom stereocenters. The summed E-state index contributed by atoms with van der Waals surface area (Å²) >= 11 is 0. The quantitative estimate of drug-likeness (QED) is 0.750. The van der Waals surface area contributed by atoms with Crippen LogP contribution in [0.4, 0.5) is 5.82 Å². The summed E-state index contributed by atoms with van der Waals surface area (Å²) in [6.07, 6.45) is 5.00. The van der Waals surface area contributed by atoms with E-state index in [-0.39, 0.29) is 5.91 Å². The normalized spacial score (nSPS) is 11.0. The van der Waals surface area contributed by atoms with Crippen molar-refractivity contribution in [2.45, 2.75) is 6.92 Å².